The summed E-state index contributed by atoms with van der Waals surface area (Å²) >= 11 is 0. The van der Waals surface area contributed by atoms with Gasteiger partial charge in [-0.3, -0.25) is 5.32 Å². The lowest BCUT2D eigenvalue weighted by Crippen LogP contribution is -2.51. The van der Waals surface area contributed by atoms with Gasteiger partial charge in [0.15, 0.2) is 0 Å². The van der Waals surface area contributed by atoms with E-state index in [-0.39, 0.29) is 12.0 Å². The van der Waals surface area contributed by atoms with Gasteiger partial charge in [-0.1, -0.05) is 45.0 Å². The number of carbonyl (C=O) groups is 1. The van der Waals surface area contributed by atoms with E-state index < -0.39 is 5.54 Å². The Hall–Kier alpha value is -1.35. The van der Waals surface area contributed by atoms with Crippen LogP contribution in [0.3, 0.4) is 0 Å². The van der Waals surface area contributed by atoms with Crippen molar-refractivity contribution in [2.24, 2.45) is 0 Å². The number of rotatable bonds is 7. The first-order valence-corrected chi connectivity index (χ1v) is 7.90. The first-order valence-electron chi connectivity index (χ1n) is 7.90. The molecule has 1 N–H and O–H groups in total. The maximum Gasteiger partial charge on any atom is 0.330 e. The van der Waals surface area contributed by atoms with E-state index in [9.17, 15) is 4.79 Å². The summed E-state index contributed by atoms with van der Waals surface area (Å²) in [5.74, 6) is 0.262. The zero-order chi connectivity index (χ0) is 16.0. The van der Waals surface area contributed by atoms with Crippen LogP contribution in [0, 0.1) is 0 Å². The third kappa shape index (κ3) is 4.31. The van der Waals surface area contributed by atoms with Crippen molar-refractivity contribution in [1.29, 1.82) is 0 Å². The van der Waals surface area contributed by atoms with Crippen LogP contribution in [0.1, 0.15) is 65.0 Å². The van der Waals surface area contributed by atoms with Crippen LogP contribution in [0.4, 0.5) is 0 Å². The van der Waals surface area contributed by atoms with Crippen LogP contribution in [-0.2, 0) is 15.1 Å². The highest BCUT2D eigenvalue weighted by Gasteiger charge is 2.37. The summed E-state index contributed by atoms with van der Waals surface area (Å²) in [6, 6.07) is 8.48. The third-order valence-corrected chi connectivity index (χ3v) is 3.99. The Kier molecular flexibility index (Phi) is 6.41. The quantitative estimate of drug-likeness (QED) is 0.772. The third-order valence-electron chi connectivity index (χ3n) is 3.99. The standard InChI is InChI=1S/C18H29NO2/c1-7-14(5)19-18(6,17(20)21-8-2)16-11-9-15(10-12-16)13(3)4/h9-14,19H,7-8H2,1-6H3. The number of nitrogens with one attached hydrogen (secondary N) is 1. The van der Waals surface area contributed by atoms with Crippen molar-refractivity contribution in [3.8, 4) is 0 Å². The van der Waals surface area contributed by atoms with E-state index in [0.717, 1.165) is 12.0 Å². The lowest BCUT2D eigenvalue weighted by molar-refractivity contribution is -0.151. The molecule has 1 rings (SSSR count). The number of benzene rings is 1. The summed E-state index contributed by atoms with van der Waals surface area (Å²) in [5, 5.41) is 3.42. The average molecular weight is 291 g/mol. The second-order valence-corrected chi connectivity index (χ2v) is 6.08. The molecule has 0 fully saturated rings. The van der Waals surface area contributed by atoms with Gasteiger partial charge in [0.1, 0.15) is 5.54 Å². The van der Waals surface area contributed by atoms with Crippen molar-refractivity contribution < 1.29 is 9.53 Å². The van der Waals surface area contributed by atoms with E-state index in [1.54, 1.807) is 0 Å². The Morgan fingerprint density at radius 3 is 2.19 bits per heavy atom. The van der Waals surface area contributed by atoms with E-state index >= 15 is 0 Å². The monoisotopic (exact) mass is 291 g/mol. The zero-order valence-electron chi connectivity index (χ0n) is 14.2. The van der Waals surface area contributed by atoms with Crippen molar-refractivity contribution in [2.45, 2.75) is 65.5 Å². The van der Waals surface area contributed by atoms with E-state index in [1.807, 2.05) is 26.0 Å². The average Bonchev–Trinajstić information content (AvgIpc) is 2.47. The largest absolute Gasteiger partial charge is 0.464 e. The predicted molar refractivity (Wildman–Crippen MR) is 87.4 cm³/mol. The van der Waals surface area contributed by atoms with Crippen LogP contribution in [-0.4, -0.2) is 18.6 Å². The molecule has 0 amide bonds. The minimum Gasteiger partial charge on any atom is -0.464 e. The fourth-order valence-corrected chi connectivity index (χ4v) is 2.33. The molecule has 0 heterocycles. The second kappa shape index (κ2) is 7.60. The first kappa shape index (κ1) is 17.7. The maximum absolute atomic E-state index is 12.5. The lowest BCUT2D eigenvalue weighted by Gasteiger charge is -2.32. The molecule has 0 spiro atoms. The Balaban J connectivity index is 3.13. The smallest absolute Gasteiger partial charge is 0.330 e. The molecule has 2 unspecified atom stereocenters. The van der Waals surface area contributed by atoms with Gasteiger partial charge >= 0.3 is 5.97 Å². The maximum atomic E-state index is 12.5. The Labute approximate surface area is 129 Å². The lowest BCUT2D eigenvalue weighted by atomic mass is 9.89. The Morgan fingerprint density at radius 1 is 1.19 bits per heavy atom. The molecular weight excluding hydrogens is 262 g/mol. The van der Waals surface area contributed by atoms with Gasteiger partial charge < -0.3 is 4.74 Å². The van der Waals surface area contributed by atoms with Gasteiger partial charge in [-0.2, -0.15) is 0 Å². The van der Waals surface area contributed by atoms with Crippen LogP contribution >= 0.6 is 0 Å². The highest BCUT2D eigenvalue weighted by atomic mass is 16.5. The number of carbonyl (C=O) groups excluding carboxylic acids is 1. The summed E-state index contributed by atoms with van der Waals surface area (Å²) in [6.45, 7) is 12.6. The Morgan fingerprint density at radius 2 is 1.76 bits per heavy atom. The van der Waals surface area contributed by atoms with E-state index in [0.29, 0.717) is 12.5 Å². The summed E-state index contributed by atoms with van der Waals surface area (Å²) in [6.07, 6.45) is 0.957. The summed E-state index contributed by atoms with van der Waals surface area (Å²) in [4.78, 5) is 12.5. The SMILES string of the molecule is CCOC(=O)C(C)(NC(C)CC)c1ccc(C(C)C)cc1. The molecule has 0 aliphatic heterocycles. The highest BCUT2D eigenvalue weighted by molar-refractivity contribution is 5.82. The fraction of sp³-hybridized carbons (Fsp3) is 0.611. The summed E-state index contributed by atoms with van der Waals surface area (Å²) < 4.78 is 5.28. The van der Waals surface area contributed by atoms with Crippen molar-refractivity contribution in [3.63, 3.8) is 0 Å². The van der Waals surface area contributed by atoms with Gasteiger partial charge in [-0.25, -0.2) is 4.79 Å². The van der Waals surface area contributed by atoms with Crippen LogP contribution in [0.15, 0.2) is 24.3 Å². The molecule has 3 heteroatoms. The van der Waals surface area contributed by atoms with Gasteiger partial charge in [0, 0.05) is 6.04 Å². The molecule has 0 aliphatic rings. The van der Waals surface area contributed by atoms with Crippen LogP contribution in [0.25, 0.3) is 0 Å². The summed E-state index contributed by atoms with van der Waals surface area (Å²) in [7, 11) is 0. The molecule has 0 radical (unpaired) electrons. The first-order chi connectivity index (χ1) is 9.85. The molecule has 1 aromatic carbocycles. The van der Waals surface area contributed by atoms with Crippen molar-refractivity contribution in [2.75, 3.05) is 6.61 Å². The molecule has 1 aromatic rings. The van der Waals surface area contributed by atoms with Crippen molar-refractivity contribution in [3.05, 3.63) is 35.4 Å². The highest BCUT2D eigenvalue weighted by Crippen LogP contribution is 2.26. The number of hydrogen-bond donors (Lipinski definition) is 1. The van der Waals surface area contributed by atoms with Gasteiger partial charge in [-0.15, -0.1) is 0 Å². The van der Waals surface area contributed by atoms with Gasteiger partial charge in [0.05, 0.1) is 6.61 Å². The van der Waals surface area contributed by atoms with E-state index in [2.05, 4.69) is 45.1 Å². The van der Waals surface area contributed by atoms with Crippen LogP contribution < -0.4 is 5.32 Å². The molecular formula is C18H29NO2. The molecule has 0 saturated heterocycles. The number of hydrogen-bond acceptors (Lipinski definition) is 3. The predicted octanol–water partition coefficient (Wildman–Crippen LogP) is 3.98. The van der Waals surface area contributed by atoms with E-state index in [1.165, 1.54) is 5.56 Å². The number of esters is 1. The van der Waals surface area contributed by atoms with Gasteiger partial charge in [-0.05, 0) is 44.2 Å². The van der Waals surface area contributed by atoms with E-state index in [4.69, 9.17) is 4.74 Å². The normalized spacial score (nSPS) is 15.6. The summed E-state index contributed by atoms with van der Waals surface area (Å²) in [5.41, 5.74) is 1.42. The van der Waals surface area contributed by atoms with Gasteiger partial charge in [0.2, 0.25) is 0 Å². The fourth-order valence-electron chi connectivity index (χ4n) is 2.33. The Bertz CT molecular complexity index is 453. The molecule has 21 heavy (non-hydrogen) atoms. The minimum atomic E-state index is -0.805. The molecule has 118 valence electrons. The molecule has 0 aromatic heterocycles. The topological polar surface area (TPSA) is 38.3 Å². The van der Waals surface area contributed by atoms with Crippen LogP contribution in [0.5, 0.6) is 0 Å². The van der Waals surface area contributed by atoms with Crippen molar-refractivity contribution >= 4 is 5.97 Å². The van der Waals surface area contributed by atoms with Crippen molar-refractivity contribution in [1.82, 2.24) is 5.32 Å². The zero-order valence-corrected chi connectivity index (χ0v) is 14.2. The number of ether oxygens (including phenoxy) is 1. The van der Waals surface area contributed by atoms with Gasteiger partial charge in [0.25, 0.3) is 0 Å². The minimum absolute atomic E-state index is 0.220. The molecule has 0 bridgehead atoms. The van der Waals surface area contributed by atoms with Crippen LogP contribution in [0.2, 0.25) is 0 Å². The second-order valence-electron chi connectivity index (χ2n) is 6.08. The molecule has 0 saturated carbocycles. The molecule has 3 nitrogen and oxygen atoms in total. The molecule has 0 aliphatic carbocycles. The molecule has 2 atom stereocenters.